The van der Waals surface area contributed by atoms with Gasteiger partial charge in [-0.2, -0.15) is 0 Å². The highest BCUT2D eigenvalue weighted by Gasteiger charge is 2.26. The average molecular weight is 329 g/mol. The highest BCUT2D eigenvalue weighted by atomic mass is 79.9. The number of nitrogens with zero attached hydrogens (tertiary/aromatic N) is 1. The number of hydrogen-bond donors (Lipinski definition) is 1. The summed E-state index contributed by atoms with van der Waals surface area (Å²) in [6.07, 6.45) is 2.01. The summed E-state index contributed by atoms with van der Waals surface area (Å²) in [4.78, 5) is 14.1. The van der Waals surface area contributed by atoms with Gasteiger partial charge >= 0.3 is 0 Å². The second kappa shape index (κ2) is 6.01. The largest absolute Gasteiger partial charge is 0.338 e. The Morgan fingerprint density at radius 3 is 2.95 bits per heavy atom. The fourth-order valence-electron chi connectivity index (χ4n) is 2.44. The Kier molecular flexibility index (Phi) is 4.58. The van der Waals surface area contributed by atoms with Crippen molar-refractivity contribution in [3.63, 3.8) is 0 Å². The molecule has 1 aromatic rings. The maximum absolute atomic E-state index is 13.5. The highest BCUT2D eigenvalue weighted by molar-refractivity contribution is 9.10. The molecule has 1 saturated heterocycles. The van der Waals surface area contributed by atoms with Crippen LogP contribution in [0.5, 0.6) is 0 Å². The van der Waals surface area contributed by atoms with Crippen molar-refractivity contribution in [2.75, 3.05) is 13.1 Å². The van der Waals surface area contributed by atoms with E-state index in [1.165, 1.54) is 6.07 Å². The lowest BCUT2D eigenvalue weighted by molar-refractivity contribution is 0.0660. The number of nitrogens with two attached hydrogens (primary N) is 1. The molecule has 0 spiro atoms. The Morgan fingerprint density at radius 1 is 1.58 bits per heavy atom. The minimum atomic E-state index is -0.411. The van der Waals surface area contributed by atoms with E-state index in [-0.39, 0.29) is 11.9 Å². The molecule has 0 aliphatic carbocycles. The minimum absolute atomic E-state index is 0.0808. The van der Waals surface area contributed by atoms with Gasteiger partial charge in [-0.1, -0.05) is 0 Å². The number of benzene rings is 1. The van der Waals surface area contributed by atoms with Gasteiger partial charge in [0.1, 0.15) is 5.82 Å². The summed E-state index contributed by atoms with van der Waals surface area (Å²) in [5, 5.41) is 0. The number of hydrogen-bond acceptors (Lipinski definition) is 2. The quantitative estimate of drug-likeness (QED) is 0.907. The zero-order valence-electron chi connectivity index (χ0n) is 10.9. The molecule has 3 nitrogen and oxygen atoms in total. The van der Waals surface area contributed by atoms with Gasteiger partial charge in [0.05, 0.1) is 4.47 Å². The first-order valence-corrected chi connectivity index (χ1v) is 7.28. The summed E-state index contributed by atoms with van der Waals surface area (Å²) in [5.74, 6) is -0.193. The van der Waals surface area contributed by atoms with Crippen molar-refractivity contribution in [2.45, 2.75) is 25.8 Å². The van der Waals surface area contributed by atoms with E-state index in [0.717, 1.165) is 19.4 Å². The maximum atomic E-state index is 13.5. The van der Waals surface area contributed by atoms with Gasteiger partial charge in [-0.15, -0.1) is 0 Å². The second-order valence-electron chi connectivity index (χ2n) is 5.14. The maximum Gasteiger partial charge on any atom is 0.253 e. The standard InChI is InChI=1S/C14H18BrFN2O/c1-9(17)11-3-2-6-18(8-11)14(19)10-4-5-12(15)13(16)7-10/h4-5,7,9,11H,2-3,6,8,17H2,1H3/t9-,11-/m1/s1. The number of likely N-dealkylation sites (tertiary alicyclic amines) is 1. The topological polar surface area (TPSA) is 46.3 Å². The summed E-state index contributed by atoms with van der Waals surface area (Å²) in [7, 11) is 0. The van der Waals surface area contributed by atoms with Crippen molar-refractivity contribution < 1.29 is 9.18 Å². The molecule has 1 heterocycles. The van der Waals surface area contributed by atoms with Gasteiger partial charge in [-0.25, -0.2) is 4.39 Å². The molecule has 0 bridgehead atoms. The van der Waals surface area contributed by atoms with Gasteiger partial charge in [-0.05, 0) is 59.8 Å². The van der Waals surface area contributed by atoms with Crippen LogP contribution >= 0.6 is 15.9 Å². The molecule has 0 radical (unpaired) electrons. The smallest absolute Gasteiger partial charge is 0.253 e. The number of halogens is 2. The molecule has 1 aliphatic heterocycles. The molecule has 2 rings (SSSR count). The molecule has 19 heavy (non-hydrogen) atoms. The third-order valence-corrected chi connectivity index (χ3v) is 4.30. The minimum Gasteiger partial charge on any atom is -0.338 e. The summed E-state index contributed by atoms with van der Waals surface area (Å²) < 4.78 is 13.8. The molecule has 0 aromatic heterocycles. The lowest BCUT2D eigenvalue weighted by atomic mass is 9.92. The third-order valence-electron chi connectivity index (χ3n) is 3.66. The molecule has 1 aliphatic rings. The van der Waals surface area contributed by atoms with E-state index in [2.05, 4.69) is 15.9 Å². The molecule has 5 heteroatoms. The van der Waals surface area contributed by atoms with E-state index in [4.69, 9.17) is 5.73 Å². The van der Waals surface area contributed by atoms with E-state index in [9.17, 15) is 9.18 Å². The molecule has 104 valence electrons. The van der Waals surface area contributed by atoms with E-state index in [1.807, 2.05) is 6.92 Å². The summed E-state index contributed by atoms with van der Waals surface area (Å²) in [6, 6.07) is 4.57. The predicted molar refractivity (Wildman–Crippen MR) is 76.4 cm³/mol. The van der Waals surface area contributed by atoms with Gasteiger partial charge in [0, 0.05) is 24.7 Å². The van der Waals surface area contributed by atoms with Gasteiger partial charge in [-0.3, -0.25) is 4.79 Å². The first-order valence-electron chi connectivity index (χ1n) is 6.49. The molecule has 2 N–H and O–H groups in total. The van der Waals surface area contributed by atoms with E-state index in [0.29, 0.717) is 22.5 Å². The van der Waals surface area contributed by atoms with Crippen molar-refractivity contribution >= 4 is 21.8 Å². The summed E-state index contributed by atoms with van der Waals surface area (Å²) in [5.41, 5.74) is 6.30. The number of carbonyl (C=O) groups is 1. The average Bonchev–Trinajstić information content (AvgIpc) is 2.41. The van der Waals surface area contributed by atoms with Crippen LogP contribution in [0, 0.1) is 11.7 Å². The Labute approximate surface area is 121 Å². The molecule has 1 aromatic carbocycles. The monoisotopic (exact) mass is 328 g/mol. The van der Waals surface area contributed by atoms with Crippen LogP contribution in [-0.2, 0) is 0 Å². The Hall–Kier alpha value is -0.940. The first-order chi connectivity index (χ1) is 8.99. The van der Waals surface area contributed by atoms with Crippen molar-refractivity contribution in [3.05, 3.63) is 34.1 Å². The molecule has 1 amide bonds. The zero-order chi connectivity index (χ0) is 14.0. The van der Waals surface area contributed by atoms with Crippen molar-refractivity contribution in [3.8, 4) is 0 Å². The van der Waals surface area contributed by atoms with Crippen LogP contribution in [0.2, 0.25) is 0 Å². The third kappa shape index (κ3) is 3.34. The number of rotatable bonds is 2. The second-order valence-corrected chi connectivity index (χ2v) is 6.00. The van der Waals surface area contributed by atoms with E-state index >= 15 is 0 Å². The van der Waals surface area contributed by atoms with Crippen LogP contribution in [0.3, 0.4) is 0 Å². The fraction of sp³-hybridized carbons (Fsp3) is 0.500. The SMILES string of the molecule is C[C@@H](N)[C@@H]1CCCN(C(=O)c2ccc(Br)c(F)c2)C1. The van der Waals surface area contributed by atoms with E-state index in [1.54, 1.807) is 17.0 Å². The summed E-state index contributed by atoms with van der Waals surface area (Å²) >= 11 is 3.09. The normalized spacial score (nSPS) is 21.3. The van der Waals surface area contributed by atoms with Crippen LogP contribution < -0.4 is 5.73 Å². The van der Waals surface area contributed by atoms with Crippen LogP contribution in [0.15, 0.2) is 22.7 Å². The number of carbonyl (C=O) groups excluding carboxylic acids is 1. The van der Waals surface area contributed by atoms with Crippen molar-refractivity contribution in [2.24, 2.45) is 11.7 Å². The first kappa shape index (κ1) is 14.5. The fourth-order valence-corrected chi connectivity index (χ4v) is 2.68. The van der Waals surface area contributed by atoms with Crippen molar-refractivity contribution in [1.82, 2.24) is 4.90 Å². The van der Waals surface area contributed by atoms with Gasteiger partial charge < -0.3 is 10.6 Å². The number of amides is 1. The van der Waals surface area contributed by atoms with Crippen LogP contribution in [0.4, 0.5) is 4.39 Å². The predicted octanol–water partition coefficient (Wildman–Crippen LogP) is 2.79. The van der Waals surface area contributed by atoms with E-state index < -0.39 is 5.82 Å². The molecule has 1 fully saturated rings. The van der Waals surface area contributed by atoms with Crippen LogP contribution in [-0.4, -0.2) is 29.9 Å². The molecule has 0 unspecified atom stereocenters. The lowest BCUT2D eigenvalue weighted by Gasteiger charge is -2.34. The Bertz CT molecular complexity index is 479. The highest BCUT2D eigenvalue weighted by Crippen LogP contribution is 2.22. The number of piperidine rings is 1. The molecule has 2 atom stereocenters. The van der Waals surface area contributed by atoms with Crippen LogP contribution in [0.1, 0.15) is 30.1 Å². The molecular weight excluding hydrogens is 311 g/mol. The van der Waals surface area contributed by atoms with Gasteiger partial charge in [0.15, 0.2) is 0 Å². The van der Waals surface area contributed by atoms with Gasteiger partial charge in [0.2, 0.25) is 0 Å². The molecule has 0 saturated carbocycles. The molecular formula is C14H18BrFN2O. The van der Waals surface area contributed by atoms with Crippen LogP contribution in [0.25, 0.3) is 0 Å². The van der Waals surface area contributed by atoms with Gasteiger partial charge in [0.25, 0.3) is 5.91 Å². The Balaban J connectivity index is 2.12. The van der Waals surface area contributed by atoms with Crippen molar-refractivity contribution in [1.29, 1.82) is 0 Å². The Morgan fingerprint density at radius 2 is 2.32 bits per heavy atom. The summed E-state index contributed by atoms with van der Waals surface area (Å²) in [6.45, 7) is 3.35. The zero-order valence-corrected chi connectivity index (χ0v) is 12.5. The lowest BCUT2D eigenvalue weighted by Crippen LogP contribution is -2.45.